The third kappa shape index (κ3) is 8.69. The van der Waals surface area contributed by atoms with Gasteiger partial charge in [0.1, 0.15) is 11.6 Å². The highest BCUT2D eigenvalue weighted by Gasteiger charge is 2.32. The first-order chi connectivity index (χ1) is 30.3. The first-order valence-corrected chi connectivity index (χ1v) is 23.4. The van der Waals surface area contributed by atoms with Gasteiger partial charge in [-0.1, -0.05) is 152 Å². The molecular weight excluding hydrogens is 765 g/mol. The molecule has 322 valence electrons. The van der Waals surface area contributed by atoms with Crippen LogP contribution >= 0.6 is 0 Å². The molecule has 1 heterocycles. The fraction of sp³-hybridized carbons (Fsp3) is 0.333. The van der Waals surface area contributed by atoms with Crippen molar-refractivity contribution >= 4 is 33.7 Å². The van der Waals surface area contributed by atoms with Crippen molar-refractivity contribution in [3.63, 3.8) is 0 Å². The number of aryl methyl sites for hydroxylation is 5. The molecule has 0 N–H and O–H groups in total. The standard InChI is InChI=1S/C57H65F2N3/c1-8-15-37-62-52-30-20-19-29-49(52)54(57(62)44-23-17-16-18-24-44)53(47-33-31-45(38-50(47)58)60(35-9-2)55-40(11-4)25-21-26-41(55)12-5)48-34-32-46(39-51(48)59)61(36-10-3)56-42(13-6)27-22-28-43(56)14-7/h16-34,38-39,53H,8-15,35-37H2,1-7H3. The second kappa shape index (κ2) is 20.5. The van der Waals surface area contributed by atoms with Gasteiger partial charge >= 0.3 is 0 Å². The summed E-state index contributed by atoms with van der Waals surface area (Å²) in [6.45, 7) is 17.6. The molecule has 0 unspecified atom stereocenters. The Hall–Kier alpha value is -5.68. The zero-order valence-electron chi connectivity index (χ0n) is 38.1. The maximum absolute atomic E-state index is 17.8. The Balaban J connectivity index is 1.50. The van der Waals surface area contributed by atoms with Gasteiger partial charge < -0.3 is 14.4 Å². The van der Waals surface area contributed by atoms with E-state index >= 15 is 8.78 Å². The van der Waals surface area contributed by atoms with Gasteiger partial charge in [-0.3, -0.25) is 0 Å². The monoisotopic (exact) mass is 830 g/mol. The minimum Gasteiger partial charge on any atom is -0.341 e. The summed E-state index contributed by atoms with van der Waals surface area (Å²) in [5.74, 6) is -1.43. The van der Waals surface area contributed by atoms with Crippen molar-refractivity contribution in [1.82, 2.24) is 4.57 Å². The summed E-state index contributed by atoms with van der Waals surface area (Å²) in [5.41, 5.74) is 13.9. The smallest absolute Gasteiger partial charge is 0.129 e. The second-order valence-corrected chi connectivity index (χ2v) is 16.6. The number of para-hydroxylation sites is 3. The molecule has 0 saturated carbocycles. The SMILES string of the molecule is CCCCn1c(-c2ccccc2)c(C(c2ccc(N(CCC)c3c(CC)cccc3CC)cc2F)c2ccc(N(CCC)c3c(CC)cccc3CC)cc2F)c2ccccc21. The zero-order valence-corrected chi connectivity index (χ0v) is 38.1. The minimum atomic E-state index is -0.747. The van der Waals surface area contributed by atoms with Crippen LogP contribution in [0, 0.1) is 11.6 Å². The van der Waals surface area contributed by atoms with Crippen LogP contribution in [0.2, 0.25) is 0 Å². The summed E-state index contributed by atoms with van der Waals surface area (Å²) in [7, 11) is 0. The van der Waals surface area contributed by atoms with Crippen LogP contribution in [0.1, 0.15) is 119 Å². The molecule has 62 heavy (non-hydrogen) atoms. The van der Waals surface area contributed by atoms with Gasteiger partial charge in [-0.2, -0.15) is 0 Å². The van der Waals surface area contributed by atoms with E-state index in [0.29, 0.717) is 11.1 Å². The molecule has 0 fully saturated rings. The van der Waals surface area contributed by atoms with Crippen LogP contribution < -0.4 is 9.80 Å². The Labute approximate surface area is 370 Å². The zero-order chi connectivity index (χ0) is 43.8. The van der Waals surface area contributed by atoms with Crippen molar-refractivity contribution in [2.75, 3.05) is 22.9 Å². The first-order valence-electron chi connectivity index (χ1n) is 23.4. The fourth-order valence-corrected chi connectivity index (χ4v) is 9.70. The Morgan fingerprint density at radius 1 is 0.500 bits per heavy atom. The lowest BCUT2D eigenvalue weighted by atomic mass is 9.81. The molecule has 6 aromatic carbocycles. The van der Waals surface area contributed by atoms with Crippen molar-refractivity contribution in [2.45, 2.75) is 112 Å². The van der Waals surface area contributed by atoms with Crippen LogP contribution in [-0.4, -0.2) is 17.7 Å². The number of anilines is 4. The lowest BCUT2D eigenvalue weighted by Crippen LogP contribution is -2.22. The summed E-state index contributed by atoms with van der Waals surface area (Å²) >= 11 is 0. The van der Waals surface area contributed by atoms with Gasteiger partial charge in [0.2, 0.25) is 0 Å². The highest BCUT2D eigenvalue weighted by Crippen LogP contribution is 2.47. The number of hydrogen-bond donors (Lipinski definition) is 0. The summed E-state index contributed by atoms with van der Waals surface area (Å²) in [6, 6.07) is 43.3. The lowest BCUT2D eigenvalue weighted by Gasteiger charge is -2.31. The molecule has 3 nitrogen and oxygen atoms in total. The summed E-state index contributed by atoms with van der Waals surface area (Å²) in [6.07, 6.45) is 7.33. The largest absolute Gasteiger partial charge is 0.341 e. The average molecular weight is 830 g/mol. The van der Waals surface area contributed by atoms with Crippen LogP contribution in [0.5, 0.6) is 0 Å². The van der Waals surface area contributed by atoms with Gasteiger partial charge in [-0.05, 0) is 109 Å². The van der Waals surface area contributed by atoms with Gasteiger partial charge in [-0.25, -0.2) is 8.78 Å². The second-order valence-electron chi connectivity index (χ2n) is 16.6. The van der Waals surface area contributed by atoms with Crippen LogP contribution in [-0.2, 0) is 32.2 Å². The first kappa shape index (κ1) is 44.4. The summed E-state index contributed by atoms with van der Waals surface area (Å²) in [5, 5.41) is 1.01. The number of unbranched alkanes of at least 4 members (excludes halogenated alkanes) is 1. The number of aromatic nitrogens is 1. The highest BCUT2D eigenvalue weighted by atomic mass is 19.1. The number of fused-ring (bicyclic) bond motifs is 1. The summed E-state index contributed by atoms with van der Waals surface area (Å²) < 4.78 is 37.9. The quantitative estimate of drug-likeness (QED) is 0.0804. The van der Waals surface area contributed by atoms with E-state index in [-0.39, 0.29) is 11.6 Å². The fourth-order valence-electron chi connectivity index (χ4n) is 9.70. The van der Waals surface area contributed by atoms with Crippen LogP contribution in [0.4, 0.5) is 31.5 Å². The highest BCUT2D eigenvalue weighted by molar-refractivity contribution is 5.94. The van der Waals surface area contributed by atoms with Crippen molar-refractivity contribution < 1.29 is 8.78 Å². The molecule has 0 atom stereocenters. The van der Waals surface area contributed by atoms with Crippen LogP contribution in [0.25, 0.3) is 22.2 Å². The minimum absolute atomic E-state index is 0.342. The molecule has 0 aliphatic carbocycles. The summed E-state index contributed by atoms with van der Waals surface area (Å²) in [4.78, 5) is 4.59. The Morgan fingerprint density at radius 2 is 0.968 bits per heavy atom. The van der Waals surface area contributed by atoms with Crippen LogP contribution in [0.3, 0.4) is 0 Å². The van der Waals surface area contributed by atoms with E-state index in [9.17, 15) is 0 Å². The van der Waals surface area contributed by atoms with Crippen molar-refractivity contribution in [1.29, 1.82) is 0 Å². The van der Waals surface area contributed by atoms with E-state index in [1.807, 2.05) is 18.2 Å². The van der Waals surface area contributed by atoms with E-state index in [1.165, 1.54) is 33.6 Å². The molecule has 0 bridgehead atoms. The van der Waals surface area contributed by atoms with E-state index in [4.69, 9.17) is 0 Å². The molecule has 0 aliphatic rings. The third-order valence-electron chi connectivity index (χ3n) is 12.7. The number of hydrogen-bond acceptors (Lipinski definition) is 2. The molecule has 7 aromatic rings. The van der Waals surface area contributed by atoms with Gasteiger partial charge in [-0.15, -0.1) is 0 Å². The van der Waals surface area contributed by atoms with Gasteiger partial charge in [0.15, 0.2) is 0 Å². The maximum atomic E-state index is 17.8. The predicted molar refractivity (Wildman–Crippen MR) is 261 cm³/mol. The molecule has 0 spiro atoms. The van der Waals surface area contributed by atoms with Gasteiger partial charge in [0, 0.05) is 70.3 Å². The Kier molecular flexibility index (Phi) is 14.6. The average Bonchev–Trinajstić information content (AvgIpc) is 3.63. The van der Waals surface area contributed by atoms with E-state index in [0.717, 1.165) is 110 Å². The Bertz CT molecular complexity index is 2430. The molecule has 1 aromatic heterocycles. The van der Waals surface area contributed by atoms with Crippen molar-refractivity contribution in [3.05, 3.63) is 178 Å². The maximum Gasteiger partial charge on any atom is 0.129 e. The molecule has 0 radical (unpaired) electrons. The van der Waals surface area contributed by atoms with Crippen molar-refractivity contribution in [3.8, 4) is 11.3 Å². The molecular formula is C57H65F2N3. The topological polar surface area (TPSA) is 11.4 Å². The number of benzene rings is 6. The molecule has 7 rings (SSSR count). The normalized spacial score (nSPS) is 11.5. The third-order valence-corrected chi connectivity index (χ3v) is 12.7. The lowest BCUT2D eigenvalue weighted by molar-refractivity contribution is 0.586. The Morgan fingerprint density at radius 3 is 1.40 bits per heavy atom. The molecule has 5 heteroatoms. The number of halogens is 2. The van der Waals surface area contributed by atoms with Crippen molar-refractivity contribution in [2.24, 2.45) is 0 Å². The molecule has 0 saturated heterocycles. The van der Waals surface area contributed by atoms with E-state index in [2.05, 4.69) is 160 Å². The molecule has 0 aliphatic heterocycles. The van der Waals surface area contributed by atoms with E-state index in [1.54, 1.807) is 12.1 Å². The van der Waals surface area contributed by atoms with Crippen LogP contribution in [0.15, 0.2) is 127 Å². The molecule has 0 amide bonds. The van der Waals surface area contributed by atoms with E-state index < -0.39 is 5.92 Å². The van der Waals surface area contributed by atoms with Gasteiger partial charge in [0.05, 0.1) is 5.69 Å². The predicted octanol–water partition coefficient (Wildman–Crippen LogP) is 15.9. The number of nitrogens with zero attached hydrogens (tertiary/aromatic N) is 3. The van der Waals surface area contributed by atoms with Gasteiger partial charge in [0.25, 0.3) is 0 Å². The number of rotatable bonds is 19.